The molecule has 1 aliphatic rings. The number of aliphatic hydroxyl groups is 1. The third kappa shape index (κ3) is 1.68. The van der Waals surface area contributed by atoms with Gasteiger partial charge in [-0.3, -0.25) is 0 Å². The summed E-state index contributed by atoms with van der Waals surface area (Å²) in [5, 5.41) is 9.63. The standard InChI is InChI=1S/C12H17NO/c1-9(14)11-5-3-4-6-12(11)10-7-13(2)8-10/h3-6,9-10,14H,7-8H2,1-2H3. The largest absolute Gasteiger partial charge is 0.389 e. The van der Waals surface area contributed by atoms with Gasteiger partial charge in [-0.1, -0.05) is 24.3 Å². The maximum atomic E-state index is 9.63. The maximum absolute atomic E-state index is 9.63. The molecule has 1 heterocycles. The van der Waals surface area contributed by atoms with Crippen molar-refractivity contribution in [2.24, 2.45) is 0 Å². The zero-order valence-corrected chi connectivity index (χ0v) is 8.77. The van der Waals surface area contributed by atoms with Gasteiger partial charge >= 0.3 is 0 Å². The number of nitrogens with zero attached hydrogens (tertiary/aromatic N) is 1. The van der Waals surface area contributed by atoms with Crippen LogP contribution in [0.1, 0.15) is 30.1 Å². The van der Waals surface area contributed by atoms with E-state index in [4.69, 9.17) is 0 Å². The van der Waals surface area contributed by atoms with Crippen molar-refractivity contribution in [3.8, 4) is 0 Å². The number of hydrogen-bond acceptors (Lipinski definition) is 2. The van der Waals surface area contributed by atoms with Crippen molar-refractivity contribution >= 4 is 0 Å². The molecule has 76 valence electrons. The molecule has 1 aliphatic heterocycles. The van der Waals surface area contributed by atoms with Crippen LogP contribution in [-0.2, 0) is 0 Å². The summed E-state index contributed by atoms with van der Waals surface area (Å²) in [5.41, 5.74) is 2.41. The smallest absolute Gasteiger partial charge is 0.0764 e. The molecule has 1 aromatic rings. The second-order valence-corrected chi connectivity index (χ2v) is 4.22. The molecule has 1 unspecified atom stereocenters. The minimum absolute atomic E-state index is 0.350. The molecule has 14 heavy (non-hydrogen) atoms. The average Bonchev–Trinajstić information content (AvgIpc) is 2.13. The molecule has 1 saturated heterocycles. The predicted molar refractivity (Wildman–Crippen MR) is 57.3 cm³/mol. The minimum Gasteiger partial charge on any atom is -0.389 e. The molecule has 0 amide bonds. The lowest BCUT2D eigenvalue weighted by Gasteiger charge is -2.37. The summed E-state index contributed by atoms with van der Waals surface area (Å²) >= 11 is 0. The maximum Gasteiger partial charge on any atom is 0.0764 e. The highest BCUT2D eigenvalue weighted by Gasteiger charge is 2.27. The number of aliphatic hydroxyl groups excluding tert-OH is 1. The Morgan fingerprint density at radius 3 is 2.57 bits per heavy atom. The Balaban J connectivity index is 2.24. The summed E-state index contributed by atoms with van der Waals surface area (Å²) in [4.78, 5) is 2.30. The van der Waals surface area contributed by atoms with Gasteiger partial charge < -0.3 is 10.0 Å². The van der Waals surface area contributed by atoms with Crippen LogP contribution in [0.5, 0.6) is 0 Å². The third-order valence-electron chi connectivity index (χ3n) is 2.95. The molecule has 2 nitrogen and oxygen atoms in total. The van der Waals surface area contributed by atoms with E-state index in [-0.39, 0.29) is 6.10 Å². The molecular formula is C12H17NO. The number of likely N-dealkylation sites (N-methyl/N-ethyl adjacent to an activating group) is 1. The van der Waals surface area contributed by atoms with E-state index < -0.39 is 0 Å². The van der Waals surface area contributed by atoms with Gasteiger partial charge in [-0.25, -0.2) is 0 Å². The Bertz CT molecular complexity index is 316. The molecule has 2 heteroatoms. The van der Waals surface area contributed by atoms with Crippen LogP contribution < -0.4 is 0 Å². The predicted octanol–water partition coefficient (Wildman–Crippen LogP) is 1.77. The normalized spacial score (nSPS) is 20.5. The average molecular weight is 191 g/mol. The van der Waals surface area contributed by atoms with Crippen molar-refractivity contribution < 1.29 is 5.11 Å². The minimum atomic E-state index is -0.350. The van der Waals surface area contributed by atoms with E-state index in [1.165, 1.54) is 5.56 Å². The molecule has 1 aromatic carbocycles. The Kier molecular flexibility index (Phi) is 2.57. The van der Waals surface area contributed by atoms with Crippen LogP contribution in [0.25, 0.3) is 0 Å². The van der Waals surface area contributed by atoms with Gasteiger partial charge in [0.25, 0.3) is 0 Å². The van der Waals surface area contributed by atoms with Crippen molar-refractivity contribution in [3.63, 3.8) is 0 Å². The second-order valence-electron chi connectivity index (χ2n) is 4.22. The summed E-state index contributed by atoms with van der Waals surface area (Å²) in [6.45, 7) is 4.06. The highest BCUT2D eigenvalue weighted by molar-refractivity contribution is 5.33. The van der Waals surface area contributed by atoms with Crippen LogP contribution in [0.15, 0.2) is 24.3 Å². The number of hydrogen-bond donors (Lipinski definition) is 1. The van der Waals surface area contributed by atoms with Gasteiger partial charge in [0.05, 0.1) is 6.10 Å². The van der Waals surface area contributed by atoms with Gasteiger partial charge in [0.1, 0.15) is 0 Å². The Morgan fingerprint density at radius 1 is 1.36 bits per heavy atom. The molecule has 0 saturated carbocycles. The van der Waals surface area contributed by atoms with Crippen LogP contribution in [-0.4, -0.2) is 30.1 Å². The first-order valence-corrected chi connectivity index (χ1v) is 5.14. The van der Waals surface area contributed by atoms with E-state index in [9.17, 15) is 5.11 Å². The molecule has 1 fully saturated rings. The van der Waals surface area contributed by atoms with E-state index in [1.54, 1.807) is 0 Å². The van der Waals surface area contributed by atoms with Crippen LogP contribution in [0.4, 0.5) is 0 Å². The zero-order chi connectivity index (χ0) is 10.1. The van der Waals surface area contributed by atoms with Gasteiger partial charge in [0.2, 0.25) is 0 Å². The van der Waals surface area contributed by atoms with Crippen molar-refractivity contribution in [1.82, 2.24) is 4.90 Å². The van der Waals surface area contributed by atoms with Gasteiger partial charge in [-0.15, -0.1) is 0 Å². The third-order valence-corrected chi connectivity index (χ3v) is 2.95. The van der Waals surface area contributed by atoms with Gasteiger partial charge in [0, 0.05) is 19.0 Å². The molecule has 1 atom stereocenters. The first-order chi connectivity index (χ1) is 6.68. The fourth-order valence-electron chi connectivity index (χ4n) is 2.16. The molecule has 0 aromatic heterocycles. The highest BCUT2D eigenvalue weighted by atomic mass is 16.3. The Labute approximate surface area is 85.2 Å². The quantitative estimate of drug-likeness (QED) is 0.770. The van der Waals surface area contributed by atoms with Crippen LogP contribution in [0, 0.1) is 0 Å². The second kappa shape index (κ2) is 3.71. The SMILES string of the molecule is CC(O)c1ccccc1C1CN(C)C1. The summed E-state index contributed by atoms with van der Waals surface area (Å²) < 4.78 is 0. The Morgan fingerprint density at radius 2 is 2.00 bits per heavy atom. The molecular weight excluding hydrogens is 174 g/mol. The number of rotatable bonds is 2. The van der Waals surface area contributed by atoms with E-state index >= 15 is 0 Å². The fourth-order valence-corrected chi connectivity index (χ4v) is 2.16. The number of benzene rings is 1. The Hall–Kier alpha value is -0.860. The molecule has 0 bridgehead atoms. The zero-order valence-electron chi connectivity index (χ0n) is 8.77. The van der Waals surface area contributed by atoms with Crippen molar-refractivity contribution in [3.05, 3.63) is 35.4 Å². The topological polar surface area (TPSA) is 23.5 Å². The molecule has 0 spiro atoms. The summed E-state index contributed by atoms with van der Waals surface area (Å²) in [6.07, 6.45) is -0.350. The first-order valence-electron chi connectivity index (χ1n) is 5.14. The molecule has 0 aliphatic carbocycles. The van der Waals surface area contributed by atoms with E-state index in [1.807, 2.05) is 19.1 Å². The molecule has 2 rings (SSSR count). The fraction of sp³-hybridized carbons (Fsp3) is 0.500. The van der Waals surface area contributed by atoms with E-state index in [0.717, 1.165) is 18.7 Å². The monoisotopic (exact) mass is 191 g/mol. The summed E-state index contributed by atoms with van der Waals surface area (Å²) in [7, 11) is 2.13. The highest BCUT2D eigenvalue weighted by Crippen LogP contribution is 2.30. The van der Waals surface area contributed by atoms with Gasteiger partial charge in [-0.2, -0.15) is 0 Å². The van der Waals surface area contributed by atoms with Crippen molar-refractivity contribution in [1.29, 1.82) is 0 Å². The van der Waals surface area contributed by atoms with Gasteiger partial charge in [0.15, 0.2) is 0 Å². The van der Waals surface area contributed by atoms with E-state index in [2.05, 4.69) is 24.1 Å². The van der Waals surface area contributed by atoms with Gasteiger partial charge in [-0.05, 0) is 25.1 Å². The lowest BCUT2D eigenvalue weighted by atomic mass is 9.87. The lowest BCUT2D eigenvalue weighted by molar-refractivity contribution is 0.175. The lowest BCUT2D eigenvalue weighted by Crippen LogP contribution is -2.42. The van der Waals surface area contributed by atoms with Crippen molar-refractivity contribution in [2.45, 2.75) is 18.9 Å². The first kappa shape index (κ1) is 9.69. The van der Waals surface area contributed by atoms with Crippen LogP contribution >= 0.6 is 0 Å². The number of likely N-dealkylation sites (tertiary alicyclic amines) is 1. The van der Waals surface area contributed by atoms with Crippen molar-refractivity contribution in [2.75, 3.05) is 20.1 Å². The van der Waals surface area contributed by atoms with Crippen LogP contribution in [0.3, 0.4) is 0 Å². The molecule has 1 N–H and O–H groups in total. The molecule has 0 radical (unpaired) electrons. The summed E-state index contributed by atoms with van der Waals surface area (Å²) in [5.74, 6) is 0.616. The van der Waals surface area contributed by atoms with Crippen LogP contribution in [0.2, 0.25) is 0 Å². The van der Waals surface area contributed by atoms with E-state index in [0.29, 0.717) is 5.92 Å². The summed E-state index contributed by atoms with van der Waals surface area (Å²) in [6, 6.07) is 8.21.